The normalized spacial score (nSPS) is 16.6. The third kappa shape index (κ3) is 3.79. The van der Waals surface area contributed by atoms with E-state index in [2.05, 4.69) is 53.5 Å². The predicted molar refractivity (Wildman–Crippen MR) is 126 cm³/mol. The number of hydrogen-bond donors (Lipinski definition) is 0. The second-order valence-corrected chi connectivity index (χ2v) is 9.70. The molecule has 3 nitrogen and oxygen atoms in total. The average molecular weight is 426 g/mol. The van der Waals surface area contributed by atoms with Crippen molar-refractivity contribution in [3.8, 4) is 0 Å². The van der Waals surface area contributed by atoms with Gasteiger partial charge in [-0.1, -0.05) is 66.7 Å². The van der Waals surface area contributed by atoms with E-state index in [1.807, 2.05) is 0 Å². The highest BCUT2D eigenvalue weighted by atomic mass is 32.2. The number of nitrogens with zero attached hydrogens (tertiary/aromatic N) is 1. The smallest absolute Gasteiger partial charge is 0.201 e. The predicted octanol–water partition coefficient (Wildman–Crippen LogP) is 3.79. The molecule has 154 valence electrons. The van der Waals surface area contributed by atoms with Crippen LogP contribution in [0.25, 0.3) is 12.2 Å². The molecule has 2 aliphatic carbocycles. The molecule has 0 unspecified atom stereocenters. The van der Waals surface area contributed by atoms with Crippen LogP contribution in [0.3, 0.4) is 0 Å². The van der Waals surface area contributed by atoms with Gasteiger partial charge in [0.1, 0.15) is 0 Å². The fourth-order valence-corrected chi connectivity index (χ4v) is 5.60. The third-order valence-electron chi connectivity index (χ3n) is 6.00. The fourth-order valence-electron chi connectivity index (χ4n) is 4.51. The molecule has 0 bridgehead atoms. The number of aliphatic imine (C=N–C) groups is 1. The van der Waals surface area contributed by atoms with Gasteiger partial charge < -0.3 is 0 Å². The molecule has 3 aliphatic rings. The lowest BCUT2D eigenvalue weighted by molar-refractivity contribution is 0.604. The number of hydrogen-bond acceptors (Lipinski definition) is 3. The van der Waals surface area contributed by atoms with Crippen molar-refractivity contribution in [2.75, 3.05) is 0 Å². The van der Waals surface area contributed by atoms with Crippen LogP contribution in [0.1, 0.15) is 29.5 Å². The van der Waals surface area contributed by atoms with E-state index in [9.17, 15) is 8.42 Å². The fraction of sp³-hybridized carbons (Fsp3) is 0.148. The highest BCUT2D eigenvalue weighted by Gasteiger charge is 2.15. The topological polar surface area (TPSA) is 46.5 Å². The summed E-state index contributed by atoms with van der Waals surface area (Å²) in [6, 6.07) is 20.2. The molecule has 0 fully saturated rings. The van der Waals surface area contributed by atoms with Gasteiger partial charge >= 0.3 is 0 Å². The first-order chi connectivity index (χ1) is 15.1. The van der Waals surface area contributed by atoms with Crippen molar-refractivity contribution < 1.29 is 8.42 Å². The Morgan fingerprint density at radius 3 is 2.55 bits per heavy atom. The monoisotopic (exact) mass is 425 g/mol. The number of fused-ring (bicyclic) bond motifs is 5. The lowest BCUT2D eigenvalue weighted by Crippen LogP contribution is -2.19. The molecule has 3 aromatic carbocycles. The minimum absolute atomic E-state index is 0.313. The van der Waals surface area contributed by atoms with Crippen molar-refractivity contribution in [2.45, 2.75) is 30.6 Å². The van der Waals surface area contributed by atoms with Crippen LogP contribution >= 0.6 is 0 Å². The molecular formula is C27H23NO2S. The molecule has 4 heteroatoms. The summed E-state index contributed by atoms with van der Waals surface area (Å²) < 4.78 is 23.1. The zero-order chi connectivity index (χ0) is 21.3. The van der Waals surface area contributed by atoms with Crippen LogP contribution in [0.5, 0.6) is 0 Å². The minimum Gasteiger partial charge on any atom is -0.263 e. The van der Waals surface area contributed by atoms with Crippen LogP contribution in [-0.4, -0.2) is 14.6 Å². The summed E-state index contributed by atoms with van der Waals surface area (Å²) in [5.41, 5.74) is 3.80. The van der Waals surface area contributed by atoms with E-state index < -0.39 is 9.84 Å². The summed E-state index contributed by atoms with van der Waals surface area (Å²) in [5.74, 6) is 0. The van der Waals surface area contributed by atoms with Crippen LogP contribution in [0, 0.1) is 10.4 Å². The van der Waals surface area contributed by atoms with Gasteiger partial charge in [0.05, 0.1) is 10.3 Å². The molecule has 0 atom stereocenters. The second kappa shape index (κ2) is 8.12. The van der Waals surface area contributed by atoms with E-state index in [0.717, 1.165) is 11.8 Å². The highest BCUT2D eigenvalue weighted by Crippen LogP contribution is 2.19. The Labute approximate surface area is 182 Å². The van der Waals surface area contributed by atoms with Crippen molar-refractivity contribution >= 4 is 28.2 Å². The largest absolute Gasteiger partial charge is 0.263 e. The molecule has 0 aromatic heterocycles. The van der Waals surface area contributed by atoms with Crippen LogP contribution in [-0.2, 0) is 22.7 Å². The molecule has 0 radical (unpaired) electrons. The molecule has 0 saturated heterocycles. The molecule has 31 heavy (non-hydrogen) atoms. The lowest BCUT2D eigenvalue weighted by atomic mass is 9.89. The maximum atomic E-state index is 11.5. The summed E-state index contributed by atoms with van der Waals surface area (Å²) >= 11 is 0. The van der Waals surface area contributed by atoms with Crippen molar-refractivity contribution in [3.63, 3.8) is 0 Å². The number of rotatable bonds is 0. The van der Waals surface area contributed by atoms with Crippen molar-refractivity contribution in [2.24, 2.45) is 4.99 Å². The van der Waals surface area contributed by atoms with Crippen LogP contribution in [0.4, 0.5) is 0 Å². The van der Waals surface area contributed by atoms with Crippen molar-refractivity contribution in [3.05, 3.63) is 110 Å². The Kier molecular flexibility index (Phi) is 5.16. The van der Waals surface area contributed by atoms with Crippen LogP contribution in [0.15, 0.2) is 82.2 Å². The molecule has 0 amide bonds. The highest BCUT2D eigenvalue weighted by molar-refractivity contribution is 7.94. The summed E-state index contributed by atoms with van der Waals surface area (Å²) in [7, 11) is -3.28. The SMILES string of the molecule is C1=c2ccc3c(c2CCC1)CC=c1ccccc1=3.O=S1(=O)C=CN=Cc2ccccc21. The Hall–Kier alpha value is -3.24. The maximum absolute atomic E-state index is 11.5. The Bertz CT molecular complexity index is 1550. The van der Waals surface area contributed by atoms with Gasteiger partial charge in [-0.3, -0.25) is 4.99 Å². The first kappa shape index (κ1) is 19.7. The van der Waals surface area contributed by atoms with E-state index in [1.54, 1.807) is 35.4 Å². The molecule has 0 spiro atoms. The van der Waals surface area contributed by atoms with E-state index in [0.29, 0.717) is 10.5 Å². The van der Waals surface area contributed by atoms with E-state index in [1.165, 1.54) is 52.6 Å². The summed E-state index contributed by atoms with van der Waals surface area (Å²) in [4.78, 5) is 4.14. The summed E-state index contributed by atoms with van der Waals surface area (Å²) in [5, 5.41) is 6.85. The van der Waals surface area contributed by atoms with E-state index >= 15 is 0 Å². The van der Waals surface area contributed by atoms with Gasteiger partial charge in [0.15, 0.2) is 0 Å². The average Bonchev–Trinajstić information content (AvgIpc) is 2.97. The molecule has 0 N–H and O–H groups in total. The van der Waals surface area contributed by atoms with Gasteiger partial charge in [0.2, 0.25) is 9.84 Å². The van der Waals surface area contributed by atoms with E-state index in [4.69, 9.17) is 0 Å². The standard InChI is InChI=1S/C18H16.C9H7NO2S/c1-3-7-15-13(5-1)9-11-18-16-8-4-2-6-14(16)10-12-17(15)18;11-13(12)6-5-10-7-8-3-1-2-4-9(8)13/h1,3,5-7,9-10,12H,2,4,8,11H2;1-7H. The van der Waals surface area contributed by atoms with Gasteiger partial charge in [-0.2, -0.15) is 0 Å². The Morgan fingerprint density at radius 2 is 1.61 bits per heavy atom. The minimum atomic E-state index is -3.28. The Balaban J connectivity index is 0.000000140. The van der Waals surface area contributed by atoms with Crippen LogP contribution < -0.4 is 10.4 Å². The molecular weight excluding hydrogens is 402 g/mol. The number of sulfone groups is 1. The summed E-state index contributed by atoms with van der Waals surface area (Å²) in [6.45, 7) is 0. The second-order valence-electron chi connectivity index (χ2n) is 7.90. The molecule has 3 aromatic rings. The van der Waals surface area contributed by atoms with Gasteiger partial charge in [0.25, 0.3) is 0 Å². The lowest BCUT2D eigenvalue weighted by Gasteiger charge is -2.16. The van der Waals surface area contributed by atoms with E-state index in [-0.39, 0.29) is 0 Å². The van der Waals surface area contributed by atoms with Crippen LogP contribution in [0.2, 0.25) is 0 Å². The zero-order valence-electron chi connectivity index (χ0n) is 17.2. The van der Waals surface area contributed by atoms with Gasteiger partial charge in [-0.05, 0) is 63.8 Å². The molecule has 6 rings (SSSR count). The van der Waals surface area contributed by atoms with Gasteiger partial charge in [-0.25, -0.2) is 8.42 Å². The van der Waals surface area contributed by atoms with Crippen molar-refractivity contribution in [1.82, 2.24) is 0 Å². The van der Waals surface area contributed by atoms with Crippen molar-refractivity contribution in [1.29, 1.82) is 0 Å². The third-order valence-corrected chi connectivity index (χ3v) is 7.47. The van der Waals surface area contributed by atoms with Gasteiger partial charge in [-0.15, -0.1) is 0 Å². The summed E-state index contributed by atoms with van der Waals surface area (Å²) in [6.07, 6.45) is 12.5. The maximum Gasteiger partial charge on any atom is 0.201 e. The first-order valence-electron chi connectivity index (χ1n) is 10.6. The zero-order valence-corrected chi connectivity index (χ0v) is 18.0. The number of benzene rings is 3. The molecule has 1 heterocycles. The molecule has 1 aliphatic heterocycles. The quantitative estimate of drug-likeness (QED) is 0.550. The first-order valence-corrected chi connectivity index (χ1v) is 12.1. The Morgan fingerprint density at radius 1 is 0.774 bits per heavy atom. The van der Waals surface area contributed by atoms with Gasteiger partial charge in [0, 0.05) is 18.0 Å². The molecule has 0 saturated carbocycles.